The first-order valence-corrected chi connectivity index (χ1v) is 6.28. The topological polar surface area (TPSA) is 20.3 Å². The van der Waals surface area contributed by atoms with Crippen molar-refractivity contribution < 1.29 is 4.79 Å². The monoisotopic (exact) mass is 295 g/mol. The molecule has 0 N–H and O–H groups in total. The van der Waals surface area contributed by atoms with E-state index in [4.69, 9.17) is 11.6 Å². The highest BCUT2D eigenvalue weighted by Gasteiger charge is 2.14. The molecule has 1 aromatic heterocycles. The van der Waals surface area contributed by atoms with Crippen LogP contribution < -0.4 is 0 Å². The van der Waals surface area contributed by atoms with Gasteiger partial charge in [0.25, 0.3) is 5.91 Å². The quantitative estimate of drug-likeness (QED) is 0.785. The molecular weight excluding hydrogens is 286 g/mol. The number of hydrogen-bond acceptors (Lipinski definition) is 2. The second kappa shape index (κ2) is 5.14. The molecule has 2 nitrogen and oxygen atoms in total. The van der Waals surface area contributed by atoms with Crippen molar-refractivity contribution in [2.24, 2.45) is 0 Å². The van der Waals surface area contributed by atoms with Gasteiger partial charge in [-0.05, 0) is 34.5 Å². The molecule has 0 aliphatic carbocycles. The predicted molar refractivity (Wildman–Crippen MR) is 64.4 cm³/mol. The number of alkyl halides is 1. The summed E-state index contributed by atoms with van der Waals surface area (Å²) >= 11 is 10.4. The number of amides is 1. The molecule has 0 saturated carbocycles. The number of thiophene rings is 1. The highest BCUT2D eigenvalue weighted by molar-refractivity contribution is 9.11. The Morgan fingerprint density at radius 2 is 2.36 bits per heavy atom. The average molecular weight is 297 g/mol. The zero-order valence-corrected chi connectivity index (χ0v) is 11.2. The molecule has 0 fully saturated rings. The van der Waals surface area contributed by atoms with Gasteiger partial charge in [0.15, 0.2) is 0 Å². The summed E-state index contributed by atoms with van der Waals surface area (Å²) in [5.74, 6) is 0.498. The highest BCUT2D eigenvalue weighted by Crippen LogP contribution is 2.27. The fourth-order valence-corrected chi connectivity index (χ4v) is 2.76. The standard InChI is InChI=1S/C9H11BrClNOS/c1-6-5-7(14-8(6)10)9(13)12(2)4-3-11/h5H,3-4H2,1-2H3. The Labute approximate surface area is 101 Å². The van der Waals surface area contributed by atoms with Crippen molar-refractivity contribution in [3.8, 4) is 0 Å². The third-order valence-electron chi connectivity index (χ3n) is 1.83. The number of halogens is 2. The molecule has 0 bridgehead atoms. The molecule has 0 aromatic carbocycles. The van der Waals surface area contributed by atoms with Crippen LogP contribution in [-0.4, -0.2) is 30.3 Å². The Balaban J connectivity index is 2.79. The molecule has 5 heteroatoms. The van der Waals surface area contributed by atoms with Crippen molar-refractivity contribution >= 4 is 44.8 Å². The van der Waals surface area contributed by atoms with Gasteiger partial charge in [-0.25, -0.2) is 0 Å². The molecule has 0 spiro atoms. The van der Waals surface area contributed by atoms with E-state index in [0.29, 0.717) is 12.4 Å². The average Bonchev–Trinajstić information content (AvgIpc) is 2.46. The lowest BCUT2D eigenvalue weighted by molar-refractivity contribution is 0.0808. The Hall–Kier alpha value is -0.0600. The van der Waals surface area contributed by atoms with Crippen LogP contribution in [0.3, 0.4) is 0 Å². The molecular formula is C9H11BrClNOS. The molecule has 14 heavy (non-hydrogen) atoms. The zero-order valence-electron chi connectivity index (χ0n) is 8.01. The van der Waals surface area contributed by atoms with Crippen LogP contribution in [0.25, 0.3) is 0 Å². The van der Waals surface area contributed by atoms with E-state index < -0.39 is 0 Å². The molecule has 78 valence electrons. The number of nitrogens with zero attached hydrogens (tertiary/aromatic N) is 1. The minimum atomic E-state index is 0.0319. The second-order valence-corrected chi connectivity index (χ2v) is 5.73. The van der Waals surface area contributed by atoms with Crippen LogP contribution in [0.2, 0.25) is 0 Å². The maximum atomic E-state index is 11.8. The molecule has 1 rings (SSSR count). The summed E-state index contributed by atoms with van der Waals surface area (Å²) in [4.78, 5) is 14.1. The maximum absolute atomic E-state index is 11.8. The van der Waals surface area contributed by atoms with Gasteiger partial charge in [0, 0.05) is 19.5 Å². The third-order valence-corrected chi connectivity index (χ3v) is 4.13. The van der Waals surface area contributed by atoms with Crippen LogP contribution in [0.15, 0.2) is 9.85 Å². The van der Waals surface area contributed by atoms with Gasteiger partial charge in [-0.1, -0.05) is 0 Å². The zero-order chi connectivity index (χ0) is 10.7. The van der Waals surface area contributed by atoms with Crippen molar-refractivity contribution in [1.29, 1.82) is 0 Å². The van der Waals surface area contributed by atoms with Gasteiger partial charge in [0.2, 0.25) is 0 Å². The lowest BCUT2D eigenvalue weighted by atomic mass is 10.3. The Bertz CT molecular complexity index is 320. The summed E-state index contributed by atoms with van der Waals surface area (Å²) in [5.41, 5.74) is 1.10. The van der Waals surface area contributed by atoms with Gasteiger partial charge in [0.1, 0.15) is 0 Å². The molecule has 1 heterocycles. The van der Waals surface area contributed by atoms with Crippen molar-refractivity contribution in [1.82, 2.24) is 4.90 Å². The van der Waals surface area contributed by atoms with Crippen LogP contribution in [0.4, 0.5) is 0 Å². The first-order valence-electron chi connectivity index (χ1n) is 4.13. The van der Waals surface area contributed by atoms with Crippen LogP contribution >= 0.6 is 38.9 Å². The van der Waals surface area contributed by atoms with Gasteiger partial charge in [-0.2, -0.15) is 0 Å². The first kappa shape index (κ1) is 12.0. The Morgan fingerprint density at radius 1 is 1.71 bits per heavy atom. The number of hydrogen-bond donors (Lipinski definition) is 0. The number of rotatable bonds is 3. The van der Waals surface area contributed by atoms with Crippen molar-refractivity contribution in [2.45, 2.75) is 6.92 Å². The lowest BCUT2D eigenvalue weighted by Crippen LogP contribution is -2.27. The number of aryl methyl sites for hydroxylation is 1. The maximum Gasteiger partial charge on any atom is 0.263 e. The fourth-order valence-electron chi connectivity index (χ4n) is 0.982. The summed E-state index contributed by atoms with van der Waals surface area (Å²) < 4.78 is 1.01. The molecule has 1 aromatic rings. The van der Waals surface area contributed by atoms with Gasteiger partial charge in [-0.15, -0.1) is 22.9 Å². The summed E-state index contributed by atoms with van der Waals surface area (Å²) in [6.07, 6.45) is 0. The van der Waals surface area contributed by atoms with E-state index in [0.717, 1.165) is 14.2 Å². The lowest BCUT2D eigenvalue weighted by Gasteiger charge is -2.13. The number of carbonyl (C=O) groups is 1. The molecule has 0 radical (unpaired) electrons. The molecule has 0 aliphatic rings. The first-order chi connectivity index (χ1) is 6.56. The van der Waals surface area contributed by atoms with E-state index in [1.165, 1.54) is 11.3 Å². The molecule has 0 unspecified atom stereocenters. The van der Waals surface area contributed by atoms with Crippen LogP contribution in [0.5, 0.6) is 0 Å². The van der Waals surface area contributed by atoms with Gasteiger partial charge in [0.05, 0.1) is 8.66 Å². The molecule has 0 atom stereocenters. The molecule has 1 amide bonds. The number of carbonyl (C=O) groups excluding carboxylic acids is 1. The Morgan fingerprint density at radius 3 is 2.79 bits per heavy atom. The van der Waals surface area contributed by atoms with Crippen molar-refractivity contribution in [2.75, 3.05) is 19.5 Å². The fraction of sp³-hybridized carbons (Fsp3) is 0.444. The third kappa shape index (κ3) is 2.72. The minimum Gasteiger partial charge on any atom is -0.340 e. The van der Waals surface area contributed by atoms with E-state index in [9.17, 15) is 4.79 Å². The van der Waals surface area contributed by atoms with Crippen molar-refractivity contribution in [3.05, 3.63) is 20.3 Å². The van der Waals surface area contributed by atoms with E-state index >= 15 is 0 Å². The smallest absolute Gasteiger partial charge is 0.263 e. The normalized spacial score (nSPS) is 10.3. The summed E-state index contributed by atoms with van der Waals surface area (Å²) in [6, 6.07) is 1.89. The van der Waals surface area contributed by atoms with Gasteiger partial charge in [-0.3, -0.25) is 4.79 Å². The highest BCUT2D eigenvalue weighted by atomic mass is 79.9. The largest absolute Gasteiger partial charge is 0.340 e. The van der Waals surface area contributed by atoms with Crippen LogP contribution in [0.1, 0.15) is 15.2 Å². The molecule has 0 saturated heterocycles. The summed E-state index contributed by atoms with van der Waals surface area (Å²) in [6.45, 7) is 2.55. The summed E-state index contributed by atoms with van der Waals surface area (Å²) in [7, 11) is 1.76. The Kier molecular flexibility index (Phi) is 4.41. The predicted octanol–water partition coefficient (Wildman–Crippen LogP) is 3.13. The van der Waals surface area contributed by atoms with E-state index in [1.807, 2.05) is 13.0 Å². The van der Waals surface area contributed by atoms with E-state index in [1.54, 1.807) is 11.9 Å². The van der Waals surface area contributed by atoms with Gasteiger partial charge >= 0.3 is 0 Å². The van der Waals surface area contributed by atoms with Gasteiger partial charge < -0.3 is 4.90 Å². The van der Waals surface area contributed by atoms with E-state index in [2.05, 4.69) is 15.9 Å². The van der Waals surface area contributed by atoms with Crippen molar-refractivity contribution in [3.63, 3.8) is 0 Å². The minimum absolute atomic E-state index is 0.0319. The second-order valence-electron chi connectivity index (χ2n) is 2.98. The summed E-state index contributed by atoms with van der Waals surface area (Å²) in [5, 5.41) is 0. The van der Waals surface area contributed by atoms with Crippen LogP contribution in [0, 0.1) is 6.92 Å². The van der Waals surface area contributed by atoms with E-state index in [-0.39, 0.29) is 5.91 Å². The molecule has 0 aliphatic heterocycles. The van der Waals surface area contributed by atoms with Crippen LogP contribution in [-0.2, 0) is 0 Å². The SMILES string of the molecule is Cc1cc(C(=O)N(C)CCCl)sc1Br.